The molecule has 0 saturated carbocycles. The van der Waals surface area contributed by atoms with E-state index < -0.39 is 54.2 Å². The van der Waals surface area contributed by atoms with E-state index in [1.807, 2.05) is 0 Å². The van der Waals surface area contributed by atoms with Crippen molar-refractivity contribution in [2.75, 3.05) is 34.0 Å². The van der Waals surface area contributed by atoms with Crippen LogP contribution in [0.15, 0.2) is 39.5 Å². The van der Waals surface area contributed by atoms with E-state index in [1.54, 1.807) is 6.07 Å². The van der Waals surface area contributed by atoms with Gasteiger partial charge in [0.15, 0.2) is 17.3 Å². The molecule has 4 rings (SSSR count). The number of rotatable bonds is 9. The summed E-state index contributed by atoms with van der Waals surface area (Å²) in [5, 5.41) is 59.6. The van der Waals surface area contributed by atoms with Crippen LogP contribution in [0.2, 0.25) is 0 Å². The number of hydrogen-bond donors (Lipinski definition) is 6. The summed E-state index contributed by atoms with van der Waals surface area (Å²) >= 11 is 0. The molecule has 0 radical (unpaired) electrons. The summed E-state index contributed by atoms with van der Waals surface area (Å²) in [4.78, 5) is 13.6. The maximum absolute atomic E-state index is 13.6. The third-order valence-electron chi connectivity index (χ3n) is 5.99. The van der Waals surface area contributed by atoms with Crippen molar-refractivity contribution in [3.05, 3.63) is 40.6 Å². The number of aliphatic hydroxyl groups excluding tert-OH is 5. The summed E-state index contributed by atoms with van der Waals surface area (Å²) in [6.07, 6.45) is -8.23. The van der Waals surface area contributed by atoms with Crippen molar-refractivity contribution in [1.82, 2.24) is 0 Å². The molecule has 1 saturated heterocycles. The van der Waals surface area contributed by atoms with E-state index in [0.717, 1.165) is 6.07 Å². The third kappa shape index (κ3) is 5.07. The number of phenolic OH excluding ortho intramolecular Hbond substituents is 1. The van der Waals surface area contributed by atoms with E-state index in [4.69, 9.17) is 33.2 Å². The van der Waals surface area contributed by atoms with Gasteiger partial charge < -0.3 is 58.7 Å². The molecule has 13 nitrogen and oxygen atoms in total. The minimum absolute atomic E-state index is 0.0734. The van der Waals surface area contributed by atoms with Crippen LogP contribution in [0.25, 0.3) is 22.3 Å². The molecular weight excluding hydrogens is 508 g/mol. The smallest absolute Gasteiger partial charge is 0.239 e. The number of fused-ring (bicyclic) bond motifs is 1. The molecule has 0 spiro atoms. The Balaban J connectivity index is 1.91. The minimum Gasteiger partial charge on any atom is -0.507 e. The van der Waals surface area contributed by atoms with Crippen molar-refractivity contribution in [3.63, 3.8) is 0 Å². The monoisotopic (exact) mass is 536 g/mol. The molecule has 2 aromatic carbocycles. The van der Waals surface area contributed by atoms with Gasteiger partial charge in [-0.2, -0.15) is 0 Å². The molecule has 1 aliphatic heterocycles. The lowest BCUT2D eigenvalue weighted by atomic mass is 9.99. The van der Waals surface area contributed by atoms with Gasteiger partial charge in [0.1, 0.15) is 53.5 Å². The van der Waals surface area contributed by atoms with E-state index in [2.05, 4.69) is 0 Å². The van der Waals surface area contributed by atoms with Crippen molar-refractivity contribution in [3.8, 4) is 40.1 Å². The van der Waals surface area contributed by atoms with Gasteiger partial charge in [-0.1, -0.05) is 0 Å². The van der Waals surface area contributed by atoms with E-state index in [9.17, 15) is 30.3 Å². The predicted molar refractivity (Wildman–Crippen MR) is 130 cm³/mol. The molecule has 5 atom stereocenters. The Morgan fingerprint density at radius 3 is 2.34 bits per heavy atom. The van der Waals surface area contributed by atoms with Gasteiger partial charge >= 0.3 is 0 Å². The number of methoxy groups -OCH3 is 2. The molecule has 206 valence electrons. The molecular formula is C25H28O13. The number of phenols is 1. The van der Waals surface area contributed by atoms with Crippen LogP contribution >= 0.6 is 0 Å². The number of aromatic hydroxyl groups is 1. The van der Waals surface area contributed by atoms with Crippen LogP contribution < -0.4 is 24.4 Å². The van der Waals surface area contributed by atoms with Crippen LogP contribution in [0.3, 0.4) is 0 Å². The molecule has 0 unspecified atom stereocenters. The van der Waals surface area contributed by atoms with E-state index >= 15 is 0 Å². The first-order valence-electron chi connectivity index (χ1n) is 11.5. The topological polar surface area (TPSA) is 198 Å². The fourth-order valence-corrected chi connectivity index (χ4v) is 4.06. The van der Waals surface area contributed by atoms with E-state index in [-0.39, 0.29) is 47.0 Å². The predicted octanol–water partition coefficient (Wildman–Crippen LogP) is -0.267. The van der Waals surface area contributed by atoms with Crippen molar-refractivity contribution in [2.24, 2.45) is 0 Å². The standard InChI is InChI=1S/C25H28O13/c1-33-14-4-3-11(7-15(14)34-2)23-24(38-25-22(32)21(31)19(29)17(10-27)37-25)20(30)18-13(28)8-12(35-6-5-26)9-16(18)36-23/h3-4,7-9,17,19,21-22,25-29,31-32H,5-6,10H2,1-2H3/t17-,19-,21+,22-,25+/m1/s1. The second-order valence-electron chi connectivity index (χ2n) is 8.36. The minimum atomic E-state index is -1.82. The van der Waals surface area contributed by atoms with Crippen LogP contribution in [0, 0.1) is 0 Å². The first-order chi connectivity index (χ1) is 18.2. The zero-order chi connectivity index (χ0) is 27.6. The summed E-state index contributed by atoms with van der Waals surface area (Å²) in [7, 11) is 2.85. The summed E-state index contributed by atoms with van der Waals surface area (Å²) in [6.45, 7) is -1.07. The summed E-state index contributed by atoms with van der Waals surface area (Å²) in [5.74, 6) is -0.398. The van der Waals surface area contributed by atoms with Crippen LogP contribution in [0.4, 0.5) is 0 Å². The highest BCUT2D eigenvalue weighted by atomic mass is 16.7. The van der Waals surface area contributed by atoms with Crippen LogP contribution in [0.1, 0.15) is 0 Å². The molecule has 0 aliphatic carbocycles. The Hall–Kier alpha value is -3.59. The number of hydrogen-bond acceptors (Lipinski definition) is 13. The molecule has 1 aromatic heterocycles. The van der Waals surface area contributed by atoms with Gasteiger partial charge in [-0.25, -0.2) is 0 Å². The average molecular weight is 536 g/mol. The molecule has 1 fully saturated rings. The van der Waals surface area contributed by atoms with Gasteiger partial charge in [0.05, 0.1) is 27.4 Å². The quantitative estimate of drug-likeness (QED) is 0.209. The SMILES string of the molecule is COc1ccc(-c2oc3cc(OCCO)cc(O)c3c(=O)c2O[C@@H]2O[C@H](CO)[C@@H](O)[C@H](O)[C@H]2O)cc1OC. The zero-order valence-corrected chi connectivity index (χ0v) is 20.4. The van der Waals surface area contributed by atoms with E-state index in [0.29, 0.717) is 5.75 Å². The average Bonchev–Trinajstić information content (AvgIpc) is 2.92. The summed E-state index contributed by atoms with van der Waals surface area (Å²) in [5.41, 5.74) is -0.685. The van der Waals surface area contributed by atoms with Crippen molar-refractivity contribution < 1.29 is 58.7 Å². The molecule has 3 aromatic rings. The number of benzene rings is 2. The maximum Gasteiger partial charge on any atom is 0.239 e. The van der Waals surface area contributed by atoms with Gasteiger partial charge in [-0.05, 0) is 18.2 Å². The fourth-order valence-electron chi connectivity index (χ4n) is 4.06. The summed E-state index contributed by atoms with van der Waals surface area (Å²) < 4.78 is 33.0. The molecule has 0 amide bonds. The lowest BCUT2D eigenvalue weighted by Gasteiger charge is -2.39. The lowest BCUT2D eigenvalue weighted by Crippen LogP contribution is -2.60. The molecule has 0 bridgehead atoms. The van der Waals surface area contributed by atoms with Crippen molar-refractivity contribution in [2.45, 2.75) is 30.7 Å². The fraction of sp³-hybridized carbons (Fsp3) is 0.400. The molecule has 2 heterocycles. The Morgan fingerprint density at radius 2 is 1.68 bits per heavy atom. The van der Waals surface area contributed by atoms with Crippen molar-refractivity contribution in [1.29, 1.82) is 0 Å². The van der Waals surface area contributed by atoms with Gasteiger partial charge in [-0.15, -0.1) is 0 Å². The molecule has 13 heteroatoms. The molecule has 1 aliphatic rings. The van der Waals surface area contributed by atoms with Crippen LogP contribution in [0.5, 0.6) is 28.7 Å². The van der Waals surface area contributed by atoms with E-state index in [1.165, 1.54) is 32.4 Å². The Kier molecular flexibility index (Phi) is 8.26. The Morgan fingerprint density at radius 1 is 0.947 bits per heavy atom. The Bertz CT molecular complexity index is 1340. The molecule has 6 N–H and O–H groups in total. The Labute approximate surface area is 215 Å². The zero-order valence-electron chi connectivity index (χ0n) is 20.4. The van der Waals surface area contributed by atoms with Crippen LogP contribution in [-0.2, 0) is 4.74 Å². The first kappa shape index (κ1) is 27.4. The van der Waals surface area contributed by atoms with Gasteiger partial charge in [0, 0.05) is 17.7 Å². The second-order valence-corrected chi connectivity index (χ2v) is 8.36. The third-order valence-corrected chi connectivity index (χ3v) is 5.99. The molecule has 38 heavy (non-hydrogen) atoms. The highest BCUT2D eigenvalue weighted by Gasteiger charge is 2.45. The second kappa shape index (κ2) is 11.4. The highest BCUT2D eigenvalue weighted by molar-refractivity contribution is 5.88. The summed E-state index contributed by atoms with van der Waals surface area (Å²) in [6, 6.07) is 7.08. The maximum atomic E-state index is 13.6. The highest BCUT2D eigenvalue weighted by Crippen LogP contribution is 2.40. The normalized spacial score (nSPS) is 23.3. The largest absolute Gasteiger partial charge is 0.507 e. The van der Waals surface area contributed by atoms with Gasteiger partial charge in [0.2, 0.25) is 17.5 Å². The first-order valence-corrected chi connectivity index (χ1v) is 11.5. The lowest BCUT2D eigenvalue weighted by molar-refractivity contribution is -0.277. The van der Waals surface area contributed by atoms with Crippen molar-refractivity contribution >= 4 is 11.0 Å². The number of aliphatic hydroxyl groups is 5. The van der Waals surface area contributed by atoms with Crippen LogP contribution in [-0.4, -0.2) is 95.4 Å². The number of ether oxygens (including phenoxy) is 5. The van der Waals surface area contributed by atoms with Gasteiger partial charge in [0.25, 0.3) is 0 Å². The van der Waals surface area contributed by atoms with Gasteiger partial charge in [-0.3, -0.25) is 4.79 Å².